The minimum Gasteiger partial charge on any atom is -0.493 e. The normalized spacial score (nSPS) is 13.5. The van der Waals surface area contributed by atoms with E-state index in [4.69, 9.17) is 28.6 Å². The molecule has 1 aliphatic rings. The van der Waals surface area contributed by atoms with Crippen molar-refractivity contribution >= 4 is 23.8 Å². The fourth-order valence-electron chi connectivity index (χ4n) is 3.05. The summed E-state index contributed by atoms with van der Waals surface area (Å²) in [4.78, 5) is 7.92. The third-order valence-electron chi connectivity index (χ3n) is 4.26. The van der Waals surface area contributed by atoms with Crippen LogP contribution in [-0.2, 0) is 13.0 Å². The van der Waals surface area contributed by atoms with Crippen LogP contribution >= 0.6 is 23.8 Å². The number of imidazole rings is 1. The first-order chi connectivity index (χ1) is 12.6. The van der Waals surface area contributed by atoms with Gasteiger partial charge in [0.15, 0.2) is 4.77 Å². The van der Waals surface area contributed by atoms with E-state index in [1.165, 1.54) is 29.2 Å². The molecular weight excluding hydrogens is 379 g/mol. The highest BCUT2D eigenvalue weighted by Gasteiger charge is 2.23. The molecule has 0 aliphatic carbocycles. The number of nitrogens with zero attached hydrogens (tertiary/aromatic N) is 4. The average Bonchev–Trinajstić information content (AvgIpc) is 2.90. The first kappa shape index (κ1) is 17.0. The lowest BCUT2D eigenvalue weighted by molar-refractivity contribution is 0.423. The lowest BCUT2D eigenvalue weighted by Crippen LogP contribution is -2.09. The van der Waals surface area contributed by atoms with Crippen LogP contribution in [0.1, 0.15) is 18.5 Å². The molecule has 0 bridgehead atoms. The summed E-state index contributed by atoms with van der Waals surface area (Å²) < 4.78 is 23.7. The zero-order chi connectivity index (χ0) is 18.3. The Bertz CT molecular complexity index is 1040. The molecule has 134 valence electrons. The molecule has 1 aromatic carbocycles. The van der Waals surface area contributed by atoms with Gasteiger partial charge >= 0.3 is 0 Å². The van der Waals surface area contributed by atoms with Crippen molar-refractivity contribution in [3.05, 3.63) is 52.0 Å². The van der Waals surface area contributed by atoms with Gasteiger partial charge in [0.25, 0.3) is 0 Å². The van der Waals surface area contributed by atoms with Gasteiger partial charge in [-0.1, -0.05) is 11.6 Å². The molecule has 9 heteroatoms. The second-order valence-electron chi connectivity index (χ2n) is 5.88. The maximum atomic E-state index is 14.6. The third-order valence-corrected chi connectivity index (χ3v) is 4.96. The van der Waals surface area contributed by atoms with Gasteiger partial charge in [0.1, 0.15) is 11.6 Å². The quantitative estimate of drug-likeness (QED) is 0.668. The number of hydrogen-bond donors (Lipinski definition) is 1. The fraction of sp³-hybridized carbons (Fsp3) is 0.235. The van der Waals surface area contributed by atoms with Crippen molar-refractivity contribution in [2.24, 2.45) is 0 Å². The Balaban J connectivity index is 1.84. The molecule has 2 aromatic heterocycles. The van der Waals surface area contributed by atoms with Crippen molar-refractivity contribution in [2.75, 3.05) is 0 Å². The van der Waals surface area contributed by atoms with Crippen LogP contribution in [0.15, 0.2) is 30.7 Å². The number of ether oxygens (including phenoxy) is 1. The molecule has 1 N–H and O–H groups in total. The summed E-state index contributed by atoms with van der Waals surface area (Å²) in [7, 11) is 0. The van der Waals surface area contributed by atoms with Gasteiger partial charge in [0, 0.05) is 25.0 Å². The van der Waals surface area contributed by atoms with Crippen molar-refractivity contribution in [2.45, 2.75) is 25.8 Å². The second-order valence-corrected chi connectivity index (χ2v) is 6.65. The van der Waals surface area contributed by atoms with E-state index >= 15 is 0 Å². The highest BCUT2D eigenvalue weighted by atomic mass is 35.5. The molecule has 6 nitrogen and oxygen atoms in total. The lowest BCUT2D eigenvalue weighted by Gasteiger charge is -2.12. The minimum atomic E-state index is -0.615. The van der Waals surface area contributed by atoms with Gasteiger partial charge in [0.2, 0.25) is 11.8 Å². The van der Waals surface area contributed by atoms with Gasteiger partial charge in [-0.25, -0.2) is 9.37 Å². The molecule has 0 saturated heterocycles. The van der Waals surface area contributed by atoms with Crippen molar-refractivity contribution in [1.29, 1.82) is 0 Å². The lowest BCUT2D eigenvalue weighted by atomic mass is 10.1. The molecule has 0 radical (unpaired) electrons. The van der Waals surface area contributed by atoms with Crippen molar-refractivity contribution in [3.8, 4) is 23.2 Å². The van der Waals surface area contributed by atoms with Crippen molar-refractivity contribution in [3.63, 3.8) is 0 Å². The molecule has 3 aromatic rings. The molecule has 1 aliphatic heterocycles. The molecule has 0 atom stereocenters. The van der Waals surface area contributed by atoms with Gasteiger partial charge in [-0.15, -0.1) is 0 Å². The summed E-state index contributed by atoms with van der Waals surface area (Å²) in [6, 6.07) is 2.52. The van der Waals surface area contributed by atoms with Crippen molar-refractivity contribution in [1.82, 2.24) is 19.1 Å². The standard InChI is InChI=1S/C17H14ClFN4O2S/c18-10-7-11(19)13(8-14(10)25-15-9-20-4-5-21-15)23-16(24)12-3-1-2-6-22(12)17(23)26/h4-5,7-9,24H,1-3,6H2. The Kier molecular flexibility index (Phi) is 4.37. The summed E-state index contributed by atoms with van der Waals surface area (Å²) in [5.74, 6) is -0.262. The molecule has 0 unspecified atom stereocenters. The minimum absolute atomic E-state index is 0.0543. The molecule has 0 spiro atoms. The average molecular weight is 393 g/mol. The molecule has 3 heterocycles. The van der Waals surface area contributed by atoms with Gasteiger partial charge < -0.3 is 14.4 Å². The van der Waals surface area contributed by atoms with E-state index < -0.39 is 5.82 Å². The Labute approximate surface area is 158 Å². The highest BCUT2D eigenvalue weighted by molar-refractivity contribution is 7.71. The van der Waals surface area contributed by atoms with Crippen LogP contribution in [0.4, 0.5) is 4.39 Å². The number of halogens is 2. The SMILES string of the molecule is Oc1c2n(c(=S)n1-c1cc(Oc3cnccn3)c(Cl)cc1F)CCCC2. The van der Waals surface area contributed by atoms with Gasteiger partial charge in [-0.2, -0.15) is 0 Å². The van der Waals surface area contributed by atoms with Crippen LogP contribution in [0.5, 0.6) is 17.5 Å². The Morgan fingerprint density at radius 2 is 2.12 bits per heavy atom. The number of rotatable bonds is 3. The number of aromatic nitrogens is 4. The van der Waals surface area contributed by atoms with E-state index in [1.54, 1.807) is 0 Å². The van der Waals surface area contributed by atoms with Gasteiger partial charge in [-0.05, 0) is 37.5 Å². The topological polar surface area (TPSA) is 65.1 Å². The summed E-state index contributed by atoms with van der Waals surface area (Å²) >= 11 is 11.6. The molecule has 0 fully saturated rings. The molecule has 0 saturated carbocycles. The van der Waals surface area contributed by atoms with E-state index in [-0.39, 0.29) is 28.2 Å². The summed E-state index contributed by atoms with van der Waals surface area (Å²) in [6.45, 7) is 0.701. The van der Waals surface area contributed by atoms with Crippen LogP contribution in [0.2, 0.25) is 5.02 Å². The zero-order valence-electron chi connectivity index (χ0n) is 13.5. The monoisotopic (exact) mass is 392 g/mol. The number of aromatic hydroxyl groups is 1. The first-order valence-electron chi connectivity index (χ1n) is 8.03. The van der Waals surface area contributed by atoms with Crippen LogP contribution in [0, 0.1) is 10.6 Å². The van der Waals surface area contributed by atoms with E-state index in [2.05, 4.69) is 9.97 Å². The molecule has 0 amide bonds. The highest BCUT2D eigenvalue weighted by Crippen LogP contribution is 2.36. The van der Waals surface area contributed by atoms with Gasteiger partial charge in [0.05, 0.1) is 22.6 Å². The third kappa shape index (κ3) is 2.85. The number of hydrogen-bond acceptors (Lipinski definition) is 5. The van der Waals surface area contributed by atoms with Crippen LogP contribution in [-0.4, -0.2) is 24.2 Å². The largest absolute Gasteiger partial charge is 0.493 e. The van der Waals surface area contributed by atoms with E-state index in [0.29, 0.717) is 23.4 Å². The maximum Gasteiger partial charge on any atom is 0.237 e. The first-order valence-corrected chi connectivity index (χ1v) is 8.81. The van der Waals surface area contributed by atoms with E-state index in [0.717, 1.165) is 18.9 Å². The Morgan fingerprint density at radius 1 is 1.27 bits per heavy atom. The van der Waals surface area contributed by atoms with Crippen LogP contribution in [0.3, 0.4) is 0 Å². The molecule has 26 heavy (non-hydrogen) atoms. The molecular formula is C17H14ClFN4O2S. The zero-order valence-corrected chi connectivity index (χ0v) is 15.1. The Hall–Kier alpha value is -2.45. The summed E-state index contributed by atoms with van der Waals surface area (Å²) in [6.07, 6.45) is 7.01. The maximum absolute atomic E-state index is 14.6. The van der Waals surface area contributed by atoms with Gasteiger partial charge in [-0.3, -0.25) is 9.55 Å². The molecule has 4 rings (SSSR count). The Morgan fingerprint density at radius 3 is 2.85 bits per heavy atom. The smallest absolute Gasteiger partial charge is 0.237 e. The van der Waals surface area contributed by atoms with Crippen LogP contribution < -0.4 is 4.74 Å². The predicted molar refractivity (Wildman–Crippen MR) is 96.3 cm³/mol. The van der Waals surface area contributed by atoms with E-state index in [9.17, 15) is 9.50 Å². The van der Waals surface area contributed by atoms with Crippen molar-refractivity contribution < 1.29 is 14.2 Å². The summed E-state index contributed by atoms with van der Waals surface area (Å²) in [5.41, 5.74) is 0.782. The number of benzene rings is 1. The van der Waals surface area contributed by atoms with E-state index in [1.807, 2.05) is 4.57 Å². The van der Waals surface area contributed by atoms with Crippen LogP contribution in [0.25, 0.3) is 5.69 Å². The summed E-state index contributed by atoms with van der Waals surface area (Å²) in [5, 5.41) is 10.7. The fourth-order valence-corrected chi connectivity index (χ4v) is 3.63. The number of fused-ring (bicyclic) bond motifs is 1. The second kappa shape index (κ2) is 6.69. The predicted octanol–water partition coefficient (Wildman–Crippen LogP) is 4.42.